The van der Waals surface area contributed by atoms with Gasteiger partial charge in [-0.05, 0) is 62.2 Å². The van der Waals surface area contributed by atoms with Gasteiger partial charge in [-0.3, -0.25) is 0 Å². The van der Waals surface area contributed by atoms with Gasteiger partial charge >= 0.3 is 6.18 Å². The van der Waals surface area contributed by atoms with Gasteiger partial charge in [-0.15, -0.1) is 0 Å². The standard InChI is InChI=1S/C18H20ClF3N2/c1-17(2,13-4-3-5-14(23)11-13)24-9-8-12-6-7-15(16(19)10-12)18(20,21)22/h3-7,10-11,24H,8-9,23H2,1-2H3. The molecule has 0 atom stereocenters. The minimum absolute atomic E-state index is 0.268. The van der Waals surface area contributed by atoms with Crippen molar-refractivity contribution in [3.05, 3.63) is 64.2 Å². The highest BCUT2D eigenvalue weighted by Gasteiger charge is 2.33. The van der Waals surface area contributed by atoms with Crippen LogP contribution in [0.1, 0.15) is 30.5 Å². The van der Waals surface area contributed by atoms with Crippen LogP contribution in [-0.4, -0.2) is 6.54 Å². The molecule has 0 aliphatic rings. The molecule has 130 valence electrons. The van der Waals surface area contributed by atoms with E-state index in [1.54, 1.807) is 0 Å². The van der Waals surface area contributed by atoms with Crippen molar-refractivity contribution in [2.75, 3.05) is 12.3 Å². The summed E-state index contributed by atoms with van der Waals surface area (Å²) in [5, 5.41) is 3.13. The molecule has 0 saturated heterocycles. The summed E-state index contributed by atoms with van der Waals surface area (Å²) in [5.41, 5.74) is 7.20. The number of nitrogens with one attached hydrogen (secondary N) is 1. The van der Waals surface area contributed by atoms with E-state index in [0.29, 0.717) is 18.7 Å². The summed E-state index contributed by atoms with van der Waals surface area (Å²) in [7, 11) is 0. The molecule has 0 saturated carbocycles. The van der Waals surface area contributed by atoms with Crippen molar-refractivity contribution in [3.8, 4) is 0 Å². The average Bonchev–Trinajstić information content (AvgIpc) is 2.46. The number of benzene rings is 2. The van der Waals surface area contributed by atoms with E-state index in [2.05, 4.69) is 5.32 Å². The molecule has 0 aliphatic heterocycles. The Balaban J connectivity index is 2.00. The Bertz CT molecular complexity index is 712. The Morgan fingerprint density at radius 3 is 2.38 bits per heavy atom. The van der Waals surface area contributed by atoms with Crippen molar-refractivity contribution in [2.45, 2.75) is 32.0 Å². The van der Waals surface area contributed by atoms with Crippen LogP contribution < -0.4 is 11.1 Å². The third-order valence-corrected chi connectivity index (χ3v) is 4.24. The SMILES string of the molecule is CC(C)(NCCc1ccc(C(F)(F)F)c(Cl)c1)c1cccc(N)c1. The number of hydrogen-bond donors (Lipinski definition) is 2. The number of anilines is 1. The molecule has 0 fully saturated rings. The maximum atomic E-state index is 12.7. The van der Waals surface area contributed by atoms with Gasteiger partial charge in [-0.1, -0.05) is 29.8 Å². The summed E-state index contributed by atoms with van der Waals surface area (Å²) in [5.74, 6) is 0. The smallest absolute Gasteiger partial charge is 0.399 e. The maximum Gasteiger partial charge on any atom is 0.417 e. The predicted octanol–water partition coefficient (Wildman–Crippen LogP) is 5.01. The fourth-order valence-electron chi connectivity index (χ4n) is 2.49. The van der Waals surface area contributed by atoms with E-state index in [9.17, 15) is 13.2 Å². The van der Waals surface area contributed by atoms with Crippen molar-refractivity contribution in [3.63, 3.8) is 0 Å². The van der Waals surface area contributed by atoms with Gasteiger partial charge in [0, 0.05) is 11.2 Å². The number of alkyl halides is 3. The van der Waals surface area contributed by atoms with E-state index in [0.717, 1.165) is 17.2 Å². The van der Waals surface area contributed by atoms with Gasteiger partial charge in [0.05, 0.1) is 10.6 Å². The average molecular weight is 357 g/mol. The first kappa shape index (κ1) is 18.6. The van der Waals surface area contributed by atoms with Gasteiger partial charge in [0.1, 0.15) is 0 Å². The molecular weight excluding hydrogens is 337 g/mol. The molecule has 0 bridgehead atoms. The van der Waals surface area contributed by atoms with Gasteiger partial charge in [-0.2, -0.15) is 13.2 Å². The van der Waals surface area contributed by atoms with Crippen LogP contribution in [0.3, 0.4) is 0 Å². The second kappa shape index (κ2) is 7.03. The minimum Gasteiger partial charge on any atom is -0.399 e. The molecule has 2 aromatic carbocycles. The van der Waals surface area contributed by atoms with Crippen molar-refractivity contribution < 1.29 is 13.2 Å². The second-order valence-electron chi connectivity index (χ2n) is 6.24. The Labute approximate surface area is 144 Å². The molecule has 2 rings (SSSR count). The molecular formula is C18H20ClF3N2. The predicted molar refractivity (Wildman–Crippen MR) is 92.0 cm³/mol. The lowest BCUT2D eigenvalue weighted by Gasteiger charge is -2.27. The van der Waals surface area contributed by atoms with E-state index in [-0.39, 0.29) is 10.6 Å². The molecule has 0 radical (unpaired) electrons. The van der Waals surface area contributed by atoms with E-state index >= 15 is 0 Å². The first-order valence-electron chi connectivity index (χ1n) is 7.56. The van der Waals surface area contributed by atoms with Crippen molar-refractivity contribution >= 4 is 17.3 Å². The Morgan fingerprint density at radius 1 is 1.08 bits per heavy atom. The highest BCUT2D eigenvalue weighted by molar-refractivity contribution is 6.31. The van der Waals surface area contributed by atoms with Crippen LogP contribution >= 0.6 is 11.6 Å². The van der Waals surface area contributed by atoms with E-state index in [4.69, 9.17) is 17.3 Å². The van der Waals surface area contributed by atoms with Gasteiger partial charge in [0.2, 0.25) is 0 Å². The highest BCUT2D eigenvalue weighted by atomic mass is 35.5. The van der Waals surface area contributed by atoms with Crippen molar-refractivity contribution in [2.24, 2.45) is 0 Å². The fraction of sp³-hybridized carbons (Fsp3) is 0.333. The number of nitrogen functional groups attached to an aromatic ring is 1. The van der Waals surface area contributed by atoms with Crippen LogP contribution in [0.15, 0.2) is 42.5 Å². The van der Waals surface area contributed by atoms with Crippen LogP contribution in [0.5, 0.6) is 0 Å². The molecule has 0 heterocycles. The molecule has 24 heavy (non-hydrogen) atoms. The third kappa shape index (κ3) is 4.65. The van der Waals surface area contributed by atoms with Crippen molar-refractivity contribution in [1.29, 1.82) is 0 Å². The molecule has 0 unspecified atom stereocenters. The molecule has 3 N–H and O–H groups in total. The lowest BCUT2D eigenvalue weighted by Crippen LogP contribution is -2.37. The van der Waals surface area contributed by atoms with Crippen LogP contribution in [0.25, 0.3) is 0 Å². The monoisotopic (exact) mass is 356 g/mol. The quantitative estimate of drug-likeness (QED) is 0.739. The Hall–Kier alpha value is -1.72. The van der Waals surface area contributed by atoms with Gasteiger partial charge in [0.15, 0.2) is 0 Å². The fourth-order valence-corrected chi connectivity index (χ4v) is 2.80. The molecule has 6 heteroatoms. The molecule has 0 aromatic heterocycles. The zero-order chi connectivity index (χ0) is 18.0. The van der Waals surface area contributed by atoms with E-state index in [1.165, 1.54) is 12.1 Å². The zero-order valence-corrected chi connectivity index (χ0v) is 14.3. The molecule has 0 spiro atoms. The summed E-state index contributed by atoms with van der Waals surface area (Å²) < 4.78 is 38.1. The van der Waals surface area contributed by atoms with Gasteiger partial charge in [-0.25, -0.2) is 0 Å². The highest BCUT2D eigenvalue weighted by Crippen LogP contribution is 2.35. The van der Waals surface area contributed by atoms with Crippen LogP contribution in [0.4, 0.5) is 18.9 Å². The minimum atomic E-state index is -4.43. The lowest BCUT2D eigenvalue weighted by atomic mass is 9.93. The zero-order valence-electron chi connectivity index (χ0n) is 13.5. The third-order valence-electron chi connectivity index (χ3n) is 3.93. The Kier molecular flexibility index (Phi) is 5.45. The number of halogens is 4. The number of hydrogen-bond acceptors (Lipinski definition) is 2. The molecule has 0 aliphatic carbocycles. The summed E-state index contributed by atoms with van der Waals surface area (Å²) >= 11 is 5.74. The van der Waals surface area contributed by atoms with Gasteiger partial charge < -0.3 is 11.1 Å². The molecule has 2 aromatic rings. The number of rotatable bonds is 5. The number of nitrogens with two attached hydrogens (primary N) is 1. The largest absolute Gasteiger partial charge is 0.417 e. The van der Waals surface area contributed by atoms with E-state index in [1.807, 2.05) is 38.1 Å². The lowest BCUT2D eigenvalue weighted by molar-refractivity contribution is -0.137. The first-order chi connectivity index (χ1) is 11.1. The van der Waals surface area contributed by atoms with Crippen molar-refractivity contribution in [1.82, 2.24) is 5.32 Å². The summed E-state index contributed by atoms with van der Waals surface area (Å²) in [6.07, 6.45) is -3.85. The molecule has 0 amide bonds. The van der Waals surface area contributed by atoms with Crippen LogP contribution in [0, 0.1) is 0 Å². The second-order valence-corrected chi connectivity index (χ2v) is 6.65. The summed E-state index contributed by atoms with van der Waals surface area (Å²) in [6.45, 7) is 4.66. The van der Waals surface area contributed by atoms with E-state index < -0.39 is 11.7 Å². The Morgan fingerprint density at radius 2 is 1.79 bits per heavy atom. The van der Waals surface area contributed by atoms with Gasteiger partial charge in [0.25, 0.3) is 0 Å². The summed E-state index contributed by atoms with van der Waals surface area (Å²) in [4.78, 5) is 0. The van der Waals surface area contributed by atoms with Crippen LogP contribution in [0.2, 0.25) is 5.02 Å². The maximum absolute atomic E-state index is 12.7. The summed E-state index contributed by atoms with van der Waals surface area (Å²) in [6, 6.07) is 11.5. The topological polar surface area (TPSA) is 38.0 Å². The first-order valence-corrected chi connectivity index (χ1v) is 7.94. The molecule has 2 nitrogen and oxygen atoms in total. The normalized spacial score (nSPS) is 12.4. The van der Waals surface area contributed by atoms with Crippen LogP contribution in [-0.2, 0) is 18.1 Å².